The van der Waals surface area contributed by atoms with E-state index in [9.17, 15) is 17.6 Å². The largest absolute Gasteiger partial charge is 0.325 e. The lowest BCUT2D eigenvalue weighted by molar-refractivity contribution is -0.119. The van der Waals surface area contributed by atoms with Crippen LogP contribution < -0.4 is 5.32 Å². The SMILES string of the molecule is Cc1ccc(NC(=O)C2CCCN2S(=O)(=O)c2ccc(F)cc2)cc1. The smallest absolute Gasteiger partial charge is 0.243 e. The molecule has 0 spiro atoms. The van der Waals surface area contributed by atoms with Gasteiger partial charge in [0.1, 0.15) is 11.9 Å². The maximum Gasteiger partial charge on any atom is 0.243 e. The Morgan fingerprint density at radius 2 is 1.76 bits per heavy atom. The Bertz CT molecular complexity index is 864. The predicted octanol–water partition coefficient (Wildman–Crippen LogP) is 2.93. The Balaban J connectivity index is 1.80. The number of carbonyl (C=O) groups excluding carboxylic acids is 1. The summed E-state index contributed by atoms with van der Waals surface area (Å²) in [5, 5.41) is 2.77. The fourth-order valence-corrected chi connectivity index (χ4v) is 4.55. The number of amides is 1. The minimum absolute atomic E-state index is 0.0102. The molecule has 1 saturated heterocycles. The summed E-state index contributed by atoms with van der Waals surface area (Å²) in [7, 11) is -3.84. The molecule has 0 bridgehead atoms. The number of aryl methyl sites for hydroxylation is 1. The van der Waals surface area contributed by atoms with E-state index in [4.69, 9.17) is 0 Å². The van der Waals surface area contributed by atoms with Crippen LogP contribution in [-0.4, -0.2) is 31.2 Å². The summed E-state index contributed by atoms with van der Waals surface area (Å²) < 4.78 is 39.8. The average molecular weight is 362 g/mol. The van der Waals surface area contributed by atoms with Crippen molar-refractivity contribution in [2.24, 2.45) is 0 Å². The Morgan fingerprint density at radius 1 is 1.12 bits per heavy atom. The van der Waals surface area contributed by atoms with Crippen LogP contribution in [0.5, 0.6) is 0 Å². The summed E-state index contributed by atoms with van der Waals surface area (Å²) >= 11 is 0. The monoisotopic (exact) mass is 362 g/mol. The van der Waals surface area contributed by atoms with Crippen molar-refractivity contribution in [3.63, 3.8) is 0 Å². The topological polar surface area (TPSA) is 66.5 Å². The second-order valence-electron chi connectivity index (χ2n) is 6.08. The van der Waals surface area contributed by atoms with Gasteiger partial charge in [-0.3, -0.25) is 4.79 Å². The van der Waals surface area contributed by atoms with Gasteiger partial charge in [0.05, 0.1) is 4.90 Å². The van der Waals surface area contributed by atoms with E-state index in [1.54, 1.807) is 12.1 Å². The number of sulfonamides is 1. The molecule has 2 aromatic carbocycles. The van der Waals surface area contributed by atoms with Gasteiger partial charge >= 0.3 is 0 Å². The molecule has 1 N–H and O–H groups in total. The molecule has 7 heteroatoms. The minimum Gasteiger partial charge on any atom is -0.325 e. The van der Waals surface area contributed by atoms with Crippen molar-refractivity contribution in [2.45, 2.75) is 30.7 Å². The number of carbonyl (C=O) groups is 1. The molecule has 0 radical (unpaired) electrons. The van der Waals surface area contributed by atoms with Gasteiger partial charge in [0.2, 0.25) is 15.9 Å². The molecule has 1 atom stereocenters. The molecule has 1 unspecified atom stereocenters. The standard InChI is InChI=1S/C18H19FN2O3S/c1-13-4-8-15(9-5-13)20-18(22)17-3-2-12-21(17)25(23,24)16-10-6-14(19)7-11-16/h4-11,17H,2-3,12H2,1H3,(H,20,22). The van der Waals surface area contributed by atoms with Gasteiger partial charge in [-0.15, -0.1) is 0 Å². The Labute approximate surface area is 146 Å². The van der Waals surface area contributed by atoms with E-state index in [1.165, 1.54) is 16.4 Å². The maximum atomic E-state index is 13.1. The number of nitrogens with zero attached hydrogens (tertiary/aromatic N) is 1. The minimum atomic E-state index is -3.84. The summed E-state index contributed by atoms with van der Waals surface area (Å²) in [4.78, 5) is 12.6. The zero-order valence-electron chi connectivity index (χ0n) is 13.8. The molecular weight excluding hydrogens is 343 g/mol. The van der Waals surface area contributed by atoms with E-state index in [2.05, 4.69) is 5.32 Å². The molecule has 3 rings (SSSR count). The van der Waals surface area contributed by atoms with Gasteiger partial charge in [0.25, 0.3) is 0 Å². The van der Waals surface area contributed by atoms with E-state index < -0.39 is 21.9 Å². The molecule has 0 aromatic heterocycles. The molecule has 0 aliphatic carbocycles. The second-order valence-corrected chi connectivity index (χ2v) is 7.97. The third kappa shape index (κ3) is 3.72. The molecule has 25 heavy (non-hydrogen) atoms. The first kappa shape index (κ1) is 17.6. The van der Waals surface area contributed by atoms with Gasteiger partial charge in [-0.25, -0.2) is 12.8 Å². The molecule has 0 saturated carbocycles. The Kier molecular flexibility index (Phi) is 4.87. The van der Waals surface area contributed by atoms with Crippen molar-refractivity contribution in [1.29, 1.82) is 0 Å². The van der Waals surface area contributed by atoms with E-state index in [-0.39, 0.29) is 17.3 Å². The quantitative estimate of drug-likeness (QED) is 0.909. The van der Waals surface area contributed by atoms with E-state index >= 15 is 0 Å². The number of rotatable bonds is 4. The first-order valence-electron chi connectivity index (χ1n) is 8.03. The van der Waals surface area contributed by atoms with Crippen LogP contribution in [0.3, 0.4) is 0 Å². The molecule has 132 valence electrons. The van der Waals surface area contributed by atoms with Crippen molar-refractivity contribution in [3.8, 4) is 0 Å². The van der Waals surface area contributed by atoms with Crippen LogP contribution in [0, 0.1) is 12.7 Å². The first-order valence-corrected chi connectivity index (χ1v) is 9.47. The second kappa shape index (κ2) is 6.93. The van der Waals surface area contributed by atoms with Crippen LogP contribution in [0.25, 0.3) is 0 Å². The third-order valence-electron chi connectivity index (χ3n) is 4.25. The lowest BCUT2D eigenvalue weighted by Gasteiger charge is -2.23. The molecule has 1 amide bonds. The highest BCUT2D eigenvalue weighted by Crippen LogP contribution is 2.27. The number of benzene rings is 2. The number of hydrogen-bond donors (Lipinski definition) is 1. The first-order chi connectivity index (χ1) is 11.9. The van der Waals surface area contributed by atoms with Gasteiger partial charge in [0, 0.05) is 12.2 Å². The van der Waals surface area contributed by atoms with Crippen LogP contribution in [-0.2, 0) is 14.8 Å². The fraction of sp³-hybridized carbons (Fsp3) is 0.278. The highest BCUT2D eigenvalue weighted by Gasteiger charge is 2.39. The summed E-state index contributed by atoms with van der Waals surface area (Å²) in [5.74, 6) is -0.860. The highest BCUT2D eigenvalue weighted by molar-refractivity contribution is 7.89. The van der Waals surface area contributed by atoms with Gasteiger partial charge < -0.3 is 5.32 Å². The van der Waals surface area contributed by atoms with Crippen LogP contribution >= 0.6 is 0 Å². The van der Waals surface area contributed by atoms with Crippen molar-refractivity contribution >= 4 is 21.6 Å². The molecule has 2 aromatic rings. The van der Waals surface area contributed by atoms with Crippen molar-refractivity contribution in [2.75, 3.05) is 11.9 Å². The van der Waals surface area contributed by atoms with Crippen molar-refractivity contribution in [3.05, 3.63) is 59.9 Å². The maximum absolute atomic E-state index is 13.1. The van der Waals surface area contributed by atoms with Gasteiger partial charge in [0.15, 0.2) is 0 Å². The number of anilines is 1. The van der Waals surface area contributed by atoms with Crippen molar-refractivity contribution in [1.82, 2.24) is 4.31 Å². The molecule has 1 aliphatic heterocycles. The number of hydrogen-bond acceptors (Lipinski definition) is 3. The summed E-state index contributed by atoms with van der Waals surface area (Å²) in [5.41, 5.74) is 1.70. The van der Waals surface area contributed by atoms with E-state index in [0.29, 0.717) is 18.5 Å². The molecular formula is C18H19FN2O3S. The molecule has 1 fully saturated rings. The highest BCUT2D eigenvalue weighted by atomic mass is 32.2. The van der Waals surface area contributed by atoms with E-state index in [0.717, 1.165) is 17.7 Å². The molecule has 1 heterocycles. The van der Waals surface area contributed by atoms with Gasteiger partial charge in [-0.05, 0) is 56.2 Å². The van der Waals surface area contributed by atoms with Crippen LogP contribution in [0.4, 0.5) is 10.1 Å². The van der Waals surface area contributed by atoms with Gasteiger partial charge in [-0.2, -0.15) is 4.31 Å². The normalized spacial score (nSPS) is 18.2. The van der Waals surface area contributed by atoms with Crippen LogP contribution in [0.1, 0.15) is 18.4 Å². The summed E-state index contributed by atoms with van der Waals surface area (Å²) in [6.07, 6.45) is 1.06. The summed E-state index contributed by atoms with van der Waals surface area (Å²) in [6.45, 7) is 2.21. The lowest BCUT2D eigenvalue weighted by Crippen LogP contribution is -2.43. The fourth-order valence-electron chi connectivity index (χ4n) is 2.89. The van der Waals surface area contributed by atoms with Crippen molar-refractivity contribution < 1.29 is 17.6 Å². The van der Waals surface area contributed by atoms with Crippen LogP contribution in [0.15, 0.2) is 53.4 Å². The molecule has 1 aliphatic rings. The third-order valence-corrected chi connectivity index (χ3v) is 6.17. The molecule has 5 nitrogen and oxygen atoms in total. The van der Waals surface area contributed by atoms with Gasteiger partial charge in [-0.1, -0.05) is 17.7 Å². The van der Waals surface area contributed by atoms with Crippen LogP contribution in [0.2, 0.25) is 0 Å². The average Bonchev–Trinajstić information content (AvgIpc) is 3.08. The summed E-state index contributed by atoms with van der Waals surface area (Å²) in [6, 6.07) is 11.2. The number of halogens is 1. The Hall–Kier alpha value is -2.25. The lowest BCUT2D eigenvalue weighted by atomic mass is 10.2. The zero-order valence-corrected chi connectivity index (χ0v) is 14.6. The Morgan fingerprint density at radius 3 is 2.40 bits per heavy atom. The predicted molar refractivity (Wildman–Crippen MR) is 93.1 cm³/mol. The number of nitrogens with one attached hydrogen (secondary N) is 1. The van der Waals surface area contributed by atoms with E-state index in [1.807, 2.05) is 19.1 Å². The zero-order chi connectivity index (χ0) is 18.0.